The van der Waals surface area contributed by atoms with Crippen LogP contribution in [-0.4, -0.2) is 55.0 Å². The van der Waals surface area contributed by atoms with Gasteiger partial charge in [-0.05, 0) is 55.2 Å². The number of hydrogen-bond donors (Lipinski definition) is 4. The number of amides is 3. The van der Waals surface area contributed by atoms with Gasteiger partial charge >= 0.3 is 0 Å². The molecule has 0 bridgehead atoms. The van der Waals surface area contributed by atoms with Crippen molar-refractivity contribution in [2.45, 2.75) is 82.8 Å². The predicted molar refractivity (Wildman–Crippen MR) is 156 cm³/mol. The zero-order chi connectivity index (χ0) is 28.4. The van der Waals surface area contributed by atoms with E-state index in [0.717, 1.165) is 42.6 Å². The summed E-state index contributed by atoms with van der Waals surface area (Å²) < 4.78 is 6.09. The Morgan fingerprint density at radius 2 is 1.60 bits per heavy atom. The van der Waals surface area contributed by atoms with Gasteiger partial charge in [0.25, 0.3) is 0 Å². The summed E-state index contributed by atoms with van der Waals surface area (Å²) in [7, 11) is 0. The van der Waals surface area contributed by atoms with E-state index >= 15 is 0 Å². The van der Waals surface area contributed by atoms with E-state index in [-0.39, 0.29) is 23.6 Å². The van der Waals surface area contributed by atoms with Gasteiger partial charge in [-0.2, -0.15) is 0 Å². The Bertz CT molecular complexity index is 1130. The van der Waals surface area contributed by atoms with Gasteiger partial charge in [-0.15, -0.1) is 0 Å². The van der Waals surface area contributed by atoms with Crippen LogP contribution in [0.15, 0.2) is 54.6 Å². The summed E-state index contributed by atoms with van der Waals surface area (Å²) in [6.07, 6.45) is 5.30. The van der Waals surface area contributed by atoms with Gasteiger partial charge in [0.2, 0.25) is 17.7 Å². The van der Waals surface area contributed by atoms with Crippen LogP contribution in [0.5, 0.6) is 5.75 Å². The molecule has 0 radical (unpaired) electrons. The molecule has 4 N–H and O–H groups in total. The number of aryl methyl sites for hydroxylation is 1. The molecule has 8 heteroatoms. The monoisotopic (exact) mass is 548 g/mol. The standard InChI is InChI=1S/C32H44N4O4/c1-23(2)21-26-30(38)36-32(16-8-9-17-32)31(39)35-27(22-24-11-4-3-5-12-24)29(37)34-18-10-14-25-13-6-7-15-28(25)40-20-19-33-26/h3-7,11-13,15,23,26-27,33H,8-10,14,16-22H2,1-2H3,(H,34,37)(H,35,39)(H,36,38)/t26-,27-/m1/s1. The van der Waals surface area contributed by atoms with Crippen molar-refractivity contribution in [2.75, 3.05) is 19.7 Å². The minimum absolute atomic E-state index is 0.184. The summed E-state index contributed by atoms with van der Waals surface area (Å²) in [5.41, 5.74) is 1.01. The average Bonchev–Trinajstić information content (AvgIpc) is 3.42. The first-order valence-corrected chi connectivity index (χ1v) is 14.7. The van der Waals surface area contributed by atoms with Gasteiger partial charge < -0.3 is 26.0 Å². The SMILES string of the molecule is CC(C)C[C@H]1NCCOc2ccccc2CCCNC(=O)[C@@H](Cc2ccccc2)NC(=O)C2(CCCC2)NC1=O. The van der Waals surface area contributed by atoms with E-state index in [1.807, 2.05) is 54.6 Å². The molecule has 2 aliphatic rings. The lowest BCUT2D eigenvalue weighted by atomic mass is 9.93. The van der Waals surface area contributed by atoms with Crippen LogP contribution in [0, 0.1) is 5.92 Å². The summed E-state index contributed by atoms with van der Waals surface area (Å²) >= 11 is 0. The lowest BCUT2D eigenvalue weighted by Gasteiger charge is -2.33. The fraction of sp³-hybridized carbons (Fsp3) is 0.531. The lowest BCUT2D eigenvalue weighted by Crippen LogP contribution is -2.63. The minimum atomic E-state index is -1.02. The molecule has 1 spiro atoms. The van der Waals surface area contributed by atoms with Gasteiger partial charge in [0, 0.05) is 19.5 Å². The second-order valence-corrected chi connectivity index (χ2v) is 11.5. The first-order chi connectivity index (χ1) is 19.4. The molecule has 4 rings (SSSR count). The second-order valence-electron chi connectivity index (χ2n) is 11.5. The number of ether oxygens (including phenoxy) is 1. The first kappa shape index (κ1) is 29.6. The average molecular weight is 549 g/mol. The number of fused-ring (bicyclic) bond motifs is 1. The number of para-hydroxylation sites is 1. The smallest absolute Gasteiger partial charge is 0.246 e. The Kier molecular flexibility index (Phi) is 10.6. The van der Waals surface area contributed by atoms with E-state index in [1.165, 1.54) is 0 Å². The van der Waals surface area contributed by atoms with Crippen LogP contribution in [0.4, 0.5) is 0 Å². The van der Waals surface area contributed by atoms with Crippen molar-refractivity contribution in [2.24, 2.45) is 5.92 Å². The van der Waals surface area contributed by atoms with Crippen LogP contribution in [-0.2, 0) is 27.2 Å². The van der Waals surface area contributed by atoms with Crippen LogP contribution in [0.3, 0.4) is 0 Å². The van der Waals surface area contributed by atoms with Crippen LogP contribution in [0.2, 0.25) is 0 Å². The maximum atomic E-state index is 13.8. The Balaban J connectivity index is 1.59. The molecule has 1 saturated carbocycles. The summed E-state index contributed by atoms with van der Waals surface area (Å²) in [5, 5.41) is 12.6. The first-order valence-electron chi connectivity index (χ1n) is 14.7. The van der Waals surface area contributed by atoms with E-state index in [1.54, 1.807) is 0 Å². The molecule has 2 atom stereocenters. The van der Waals surface area contributed by atoms with Crippen molar-refractivity contribution in [1.29, 1.82) is 0 Å². The molecule has 1 aliphatic carbocycles. The molecule has 216 valence electrons. The minimum Gasteiger partial charge on any atom is -0.492 e. The molecule has 0 unspecified atom stereocenters. The molecular weight excluding hydrogens is 504 g/mol. The fourth-order valence-electron chi connectivity index (χ4n) is 5.68. The van der Waals surface area contributed by atoms with E-state index in [9.17, 15) is 14.4 Å². The molecule has 2 aromatic carbocycles. The van der Waals surface area contributed by atoms with Crippen LogP contribution < -0.4 is 26.0 Å². The van der Waals surface area contributed by atoms with E-state index in [0.29, 0.717) is 45.4 Å². The molecule has 40 heavy (non-hydrogen) atoms. The van der Waals surface area contributed by atoms with Gasteiger partial charge in [-0.3, -0.25) is 14.4 Å². The summed E-state index contributed by atoms with van der Waals surface area (Å²) in [6, 6.07) is 16.4. The number of carbonyl (C=O) groups is 3. The number of benzene rings is 2. The van der Waals surface area contributed by atoms with E-state index in [4.69, 9.17) is 4.74 Å². The van der Waals surface area contributed by atoms with Gasteiger partial charge in [-0.1, -0.05) is 75.2 Å². The maximum Gasteiger partial charge on any atom is 0.246 e. The van der Waals surface area contributed by atoms with Crippen molar-refractivity contribution in [3.63, 3.8) is 0 Å². The molecule has 3 amide bonds. The lowest BCUT2D eigenvalue weighted by molar-refractivity contribution is -0.136. The Morgan fingerprint density at radius 3 is 2.35 bits per heavy atom. The third-order valence-electron chi connectivity index (χ3n) is 7.83. The van der Waals surface area contributed by atoms with Crippen molar-refractivity contribution in [3.8, 4) is 5.75 Å². The summed E-state index contributed by atoms with van der Waals surface area (Å²) in [4.78, 5) is 40.9. The third kappa shape index (κ3) is 8.07. The molecule has 8 nitrogen and oxygen atoms in total. The topological polar surface area (TPSA) is 109 Å². The third-order valence-corrected chi connectivity index (χ3v) is 7.83. The molecule has 1 heterocycles. The highest BCUT2D eigenvalue weighted by atomic mass is 16.5. The number of carbonyl (C=O) groups excluding carboxylic acids is 3. The van der Waals surface area contributed by atoms with Crippen molar-refractivity contribution < 1.29 is 19.1 Å². The highest BCUT2D eigenvalue weighted by molar-refractivity contribution is 5.96. The molecule has 1 aliphatic heterocycles. The Morgan fingerprint density at radius 1 is 0.875 bits per heavy atom. The van der Waals surface area contributed by atoms with E-state index < -0.39 is 17.6 Å². The van der Waals surface area contributed by atoms with Crippen LogP contribution in [0.1, 0.15) is 63.5 Å². The van der Waals surface area contributed by atoms with Crippen molar-refractivity contribution >= 4 is 17.7 Å². The van der Waals surface area contributed by atoms with Gasteiger partial charge in [0.05, 0.1) is 6.04 Å². The number of hydrogen-bond acceptors (Lipinski definition) is 5. The summed E-state index contributed by atoms with van der Waals surface area (Å²) in [6.45, 7) is 5.57. The molecule has 1 fully saturated rings. The number of rotatable bonds is 4. The van der Waals surface area contributed by atoms with Gasteiger partial charge in [-0.25, -0.2) is 0 Å². The number of nitrogens with one attached hydrogen (secondary N) is 4. The highest BCUT2D eigenvalue weighted by Crippen LogP contribution is 2.30. The van der Waals surface area contributed by atoms with Crippen LogP contribution >= 0.6 is 0 Å². The molecule has 0 saturated heterocycles. The molecular formula is C32H44N4O4. The Labute approximate surface area is 238 Å². The largest absolute Gasteiger partial charge is 0.492 e. The van der Waals surface area contributed by atoms with Gasteiger partial charge in [0.15, 0.2) is 0 Å². The van der Waals surface area contributed by atoms with Crippen LogP contribution in [0.25, 0.3) is 0 Å². The van der Waals surface area contributed by atoms with Crippen molar-refractivity contribution in [1.82, 2.24) is 21.3 Å². The maximum absolute atomic E-state index is 13.8. The second kappa shape index (κ2) is 14.3. The normalized spacial score (nSPS) is 22.8. The predicted octanol–water partition coefficient (Wildman–Crippen LogP) is 3.29. The highest BCUT2D eigenvalue weighted by Gasteiger charge is 2.44. The zero-order valence-electron chi connectivity index (χ0n) is 23.8. The summed E-state index contributed by atoms with van der Waals surface area (Å²) in [5.74, 6) is 0.421. The molecule has 0 aromatic heterocycles. The molecule has 2 aromatic rings. The van der Waals surface area contributed by atoms with E-state index in [2.05, 4.69) is 35.1 Å². The quantitative estimate of drug-likeness (QED) is 0.469. The fourth-order valence-corrected chi connectivity index (χ4v) is 5.68. The van der Waals surface area contributed by atoms with Gasteiger partial charge in [0.1, 0.15) is 23.9 Å². The zero-order valence-corrected chi connectivity index (χ0v) is 23.8. The Hall–Kier alpha value is -3.39. The van der Waals surface area contributed by atoms with Crippen molar-refractivity contribution in [3.05, 3.63) is 65.7 Å².